The first-order valence-electron chi connectivity index (χ1n) is 54.3. The molecule has 23 nitrogen and oxygen atoms in total. The molecule has 764 valence electrons. The number of carbonyl (C=O) groups excluding carboxylic acids is 12. The molecule has 14 rings (SSSR count). The van der Waals surface area contributed by atoms with Gasteiger partial charge in [0.1, 0.15) is 38.6 Å². The molecule has 24 atom stereocenters. The second-order valence-electron chi connectivity index (χ2n) is 47.9. The van der Waals surface area contributed by atoms with Gasteiger partial charge in [0.2, 0.25) is 0 Å². The zero-order valence-electron chi connectivity index (χ0n) is 86.3. The summed E-state index contributed by atoms with van der Waals surface area (Å²) >= 11 is 0. The van der Waals surface area contributed by atoms with Crippen LogP contribution in [0.5, 0.6) is 0 Å². The molecule has 0 aromatic rings. The van der Waals surface area contributed by atoms with Crippen LogP contribution in [-0.4, -0.2) is 157 Å². The summed E-state index contributed by atoms with van der Waals surface area (Å²) in [5.41, 5.74) is 6.98. The lowest BCUT2D eigenvalue weighted by Gasteiger charge is -2.58. The van der Waals surface area contributed by atoms with Crippen LogP contribution < -0.4 is 0 Å². The Kier molecular flexibility index (Phi) is 39.0. The summed E-state index contributed by atoms with van der Waals surface area (Å²) in [5.74, 6) is 9.12. The number of rotatable bonds is 45. The van der Waals surface area contributed by atoms with E-state index in [0.717, 1.165) is 158 Å². The van der Waals surface area contributed by atoms with E-state index in [-0.39, 0.29) is 183 Å². The van der Waals surface area contributed by atoms with Gasteiger partial charge in [0.25, 0.3) is 23.6 Å². The van der Waals surface area contributed by atoms with Gasteiger partial charge < -0.3 is 43.2 Å². The number of imide groups is 2. The Balaban J connectivity index is 0.000000219. The van der Waals surface area contributed by atoms with Gasteiger partial charge in [-0.2, -0.15) is 0 Å². The predicted molar refractivity (Wildman–Crippen MR) is 520 cm³/mol. The number of hydroxylamine groups is 4. The van der Waals surface area contributed by atoms with E-state index in [2.05, 4.69) is 132 Å². The summed E-state index contributed by atoms with van der Waals surface area (Å²) < 4.78 is 33.2. The van der Waals surface area contributed by atoms with Crippen molar-refractivity contribution in [3.63, 3.8) is 0 Å². The van der Waals surface area contributed by atoms with E-state index in [0.29, 0.717) is 31.8 Å². The normalized spacial score (nSPS) is 34.2. The number of hydrogen-bond donors (Lipinski definition) is 1. The molecule has 2 aliphatic heterocycles. The molecule has 9 saturated carbocycles. The number of aliphatic hydroxyl groups excluding tert-OH is 1. The molecule has 23 heteroatoms. The van der Waals surface area contributed by atoms with E-state index >= 15 is 0 Å². The lowest BCUT2D eigenvalue weighted by molar-refractivity contribution is -0.197. The summed E-state index contributed by atoms with van der Waals surface area (Å²) in [4.78, 5) is 152. The van der Waals surface area contributed by atoms with Crippen molar-refractivity contribution in [2.24, 2.45) is 139 Å². The molecule has 11 fully saturated rings. The van der Waals surface area contributed by atoms with Crippen LogP contribution in [0, 0.1) is 139 Å². The van der Waals surface area contributed by atoms with Crippen molar-refractivity contribution in [3.8, 4) is 0 Å². The zero-order valence-corrected chi connectivity index (χ0v) is 86.3. The minimum Gasteiger partial charge on any atom is -0.462 e. The second-order valence-corrected chi connectivity index (χ2v) is 47.9. The van der Waals surface area contributed by atoms with Gasteiger partial charge in [-0.25, -0.2) is 9.59 Å². The predicted octanol–water partition coefficient (Wildman–Crippen LogP) is 21.9. The molecular weight excluding hydrogens is 1720 g/mol. The molecule has 0 aromatic heterocycles. The summed E-state index contributed by atoms with van der Waals surface area (Å²) in [7, 11) is 0. The molecule has 14 aliphatic rings. The maximum atomic E-state index is 13.0. The van der Waals surface area contributed by atoms with E-state index in [1.807, 2.05) is 0 Å². The van der Waals surface area contributed by atoms with Gasteiger partial charge >= 0.3 is 23.9 Å². The highest BCUT2D eigenvalue weighted by Gasteiger charge is 2.63. The minimum absolute atomic E-state index is 0.0124. The molecule has 0 bridgehead atoms. The number of ketones is 4. The fourth-order valence-corrected chi connectivity index (χ4v) is 30.5. The molecule has 0 aromatic carbocycles. The molecule has 0 spiro atoms. The van der Waals surface area contributed by atoms with Crippen molar-refractivity contribution >= 4 is 70.6 Å². The first-order chi connectivity index (χ1) is 64.7. The summed E-state index contributed by atoms with van der Waals surface area (Å²) in [6, 6.07) is 0. The van der Waals surface area contributed by atoms with Crippen LogP contribution >= 0.6 is 0 Å². The van der Waals surface area contributed by atoms with E-state index in [4.69, 9.17) is 28.4 Å². The SMILES string of the molecule is CC(C)CCCC(C)C1CCC2C3CC=C4CC(O)CCC4(C)C3CCC12C.CC(C)CCCC(C)C1CCC2C3CC=C4CC(OC(=O)CCC(=O)COCCOCC(=O)CCC(=O)OC5CCC6(C)C(=CCC7C6CCC6(C)C(C(C)CCCC(C)C)CCC76)C5)CCC4(C)C3CCC12C.O=C(CCC(=O)ON1C(=O)CCC1=O)COCCOCC(=O)CCC(=O)ON1C(=O)CCC1=O. The third kappa shape index (κ3) is 26.7. The lowest BCUT2D eigenvalue weighted by Crippen LogP contribution is -2.51. The molecular formula is C113H176N2O21. The summed E-state index contributed by atoms with van der Waals surface area (Å²) in [6.07, 6.45) is 48.3. The number of amides is 4. The van der Waals surface area contributed by atoms with Crippen LogP contribution in [-0.2, 0) is 95.6 Å². The topological polar surface area (TPSA) is 305 Å². The molecule has 2 saturated heterocycles. The number of carbonyl (C=O) groups is 12. The maximum absolute atomic E-state index is 13.0. The highest BCUT2D eigenvalue weighted by atomic mass is 16.7. The monoisotopic (exact) mass is 1900 g/mol. The lowest BCUT2D eigenvalue weighted by atomic mass is 9.47. The molecule has 24 unspecified atom stereocenters. The largest absolute Gasteiger partial charge is 0.462 e. The quantitative estimate of drug-likeness (QED) is 0.0256. The molecule has 4 amide bonds. The van der Waals surface area contributed by atoms with Gasteiger partial charge in [0.15, 0.2) is 23.1 Å². The van der Waals surface area contributed by atoms with Gasteiger partial charge in [0.05, 0.1) is 58.2 Å². The third-order valence-corrected chi connectivity index (χ3v) is 38.0. The van der Waals surface area contributed by atoms with Gasteiger partial charge in [0, 0.05) is 64.2 Å². The van der Waals surface area contributed by atoms with Gasteiger partial charge in [-0.05, 0) is 280 Å². The van der Waals surface area contributed by atoms with Crippen LogP contribution in [0.3, 0.4) is 0 Å². The molecule has 12 aliphatic carbocycles. The van der Waals surface area contributed by atoms with Crippen molar-refractivity contribution in [1.82, 2.24) is 10.1 Å². The Hall–Kier alpha value is -6.14. The summed E-state index contributed by atoms with van der Waals surface area (Å²) in [6.45, 7) is 36.9. The number of esters is 2. The second kappa shape index (κ2) is 48.8. The molecule has 136 heavy (non-hydrogen) atoms. The zero-order chi connectivity index (χ0) is 98.2. The van der Waals surface area contributed by atoms with Crippen LogP contribution in [0.25, 0.3) is 0 Å². The number of fused-ring (bicyclic) bond motifs is 15. The smallest absolute Gasteiger partial charge is 0.333 e. The van der Waals surface area contributed by atoms with Gasteiger partial charge in [-0.1, -0.05) is 197 Å². The van der Waals surface area contributed by atoms with Crippen molar-refractivity contribution in [2.45, 2.75) is 411 Å². The van der Waals surface area contributed by atoms with Crippen molar-refractivity contribution in [3.05, 3.63) is 34.9 Å². The maximum Gasteiger partial charge on any atom is 0.333 e. The summed E-state index contributed by atoms with van der Waals surface area (Å²) in [5, 5.41) is 11.0. The third-order valence-electron chi connectivity index (χ3n) is 38.0. The van der Waals surface area contributed by atoms with Crippen molar-refractivity contribution in [2.75, 3.05) is 52.9 Å². The first kappa shape index (κ1) is 109. The highest BCUT2D eigenvalue weighted by Crippen LogP contribution is 2.71. The number of nitrogens with zero attached hydrogens (tertiary/aromatic N) is 2. The van der Waals surface area contributed by atoms with Crippen LogP contribution in [0.15, 0.2) is 34.9 Å². The molecule has 2 heterocycles. The van der Waals surface area contributed by atoms with Crippen LogP contribution in [0.2, 0.25) is 0 Å². The number of Topliss-reactive ketones (excluding diaryl/α,β-unsaturated/α-hetero) is 4. The van der Waals surface area contributed by atoms with E-state index < -0.39 is 47.1 Å². The standard InChI is InChI=1S/C66H106O8.C27H46O.C20H24N2O12/c1-43(2)13-11-15-45(5)55-23-25-57-53-21-17-47-39-51(29-33-63(47,7)59(53)31-35-65(55,57)9)73-61(69)27-19-49(67)41-71-37-38-72-42-50(68)20-28-62(70)74-52-30-34-64(8)48(40-52)18-22-54-58-26-24-56(46(6)16-12-14-44(3)4)66(58,10)36-32-60(54)64;1-18(2)7-6-8-19(3)23-11-12-24-22-10-9-20-17-21(28)13-15-26(20,4)25(22)14-16-27(23,24)5;23-13(1-7-19(29)33-21-15(25)3-4-16(21)26)11-31-9-10-32-12-14(24)2-8-20(30)34-22-17(27)5-6-18(22)28/h17-18,43-46,51-60H,11-16,19-42H2,1-10H3;9,18-19,21-25,28H,6-8,10-17H2,1-5H3;1-12H2. The Morgan fingerprint density at radius 1 is 0.338 bits per heavy atom. The van der Waals surface area contributed by atoms with Crippen LogP contribution in [0.4, 0.5) is 0 Å². The van der Waals surface area contributed by atoms with Gasteiger partial charge in [-0.3, -0.25) is 47.9 Å². The Labute approximate surface area is 815 Å². The Morgan fingerprint density at radius 2 is 0.618 bits per heavy atom. The highest BCUT2D eigenvalue weighted by molar-refractivity contribution is 6.02. The first-order valence-corrected chi connectivity index (χ1v) is 54.3. The Bertz CT molecular complexity index is 3990. The van der Waals surface area contributed by atoms with Crippen molar-refractivity contribution in [1.29, 1.82) is 0 Å². The van der Waals surface area contributed by atoms with E-state index in [1.54, 1.807) is 5.57 Å². The Morgan fingerprint density at radius 3 is 0.912 bits per heavy atom. The molecule has 0 radical (unpaired) electrons. The van der Waals surface area contributed by atoms with Crippen molar-refractivity contribution < 1.29 is 101 Å². The minimum atomic E-state index is -0.888. The number of ether oxygens (including phenoxy) is 6. The fourth-order valence-electron chi connectivity index (χ4n) is 30.5. The number of allylic oxidation sites excluding steroid dienone is 3. The average molecular weight is 1900 g/mol. The van der Waals surface area contributed by atoms with Crippen LogP contribution in [0.1, 0.15) is 393 Å². The molecule has 1 N–H and O–H groups in total. The number of hydrogen-bond acceptors (Lipinski definition) is 21. The number of aliphatic hydroxyl groups is 1. The van der Waals surface area contributed by atoms with E-state index in [9.17, 15) is 62.6 Å². The van der Waals surface area contributed by atoms with Gasteiger partial charge in [-0.15, -0.1) is 10.1 Å². The fraction of sp³-hybridized carbons (Fsp3) is 0.841. The van der Waals surface area contributed by atoms with E-state index in [1.165, 1.54) is 172 Å². The average Bonchev–Trinajstić information content (AvgIpc) is 1.56.